The van der Waals surface area contributed by atoms with Crippen molar-refractivity contribution in [3.8, 4) is 0 Å². The van der Waals surface area contributed by atoms with E-state index >= 15 is 0 Å². The van der Waals surface area contributed by atoms with Gasteiger partial charge in [-0.2, -0.15) is 0 Å². The Hall–Kier alpha value is -2.30. The van der Waals surface area contributed by atoms with Crippen LogP contribution in [0.5, 0.6) is 0 Å². The molecule has 0 aliphatic carbocycles. The highest BCUT2D eigenvalue weighted by molar-refractivity contribution is 5.83. The van der Waals surface area contributed by atoms with Crippen LogP contribution in [0.3, 0.4) is 0 Å². The number of hydrogen-bond acceptors (Lipinski definition) is 2. The van der Waals surface area contributed by atoms with Crippen molar-refractivity contribution in [1.82, 2.24) is 9.88 Å². The summed E-state index contributed by atoms with van der Waals surface area (Å²) in [4.78, 5) is 28.7. The van der Waals surface area contributed by atoms with Gasteiger partial charge in [-0.1, -0.05) is 18.2 Å². The summed E-state index contributed by atoms with van der Waals surface area (Å²) in [6.07, 6.45) is 5.54. The van der Waals surface area contributed by atoms with Crippen molar-refractivity contribution in [2.75, 3.05) is 6.54 Å². The van der Waals surface area contributed by atoms with Crippen LogP contribution >= 0.6 is 0 Å². The molecule has 2 unspecified atom stereocenters. The zero-order valence-corrected chi connectivity index (χ0v) is 14.0. The number of aliphatic carboxylic acids is 1. The Morgan fingerprint density at radius 2 is 2.08 bits per heavy atom. The number of amides is 1. The highest BCUT2D eigenvalue weighted by Crippen LogP contribution is 2.24. The SMILES string of the molecule is CC1CCC(C(=O)O)CN1C(=O)CCCc1c[nH]c2ccccc12. The molecule has 1 saturated heterocycles. The van der Waals surface area contributed by atoms with E-state index in [1.807, 2.05) is 31.3 Å². The summed E-state index contributed by atoms with van der Waals surface area (Å²) in [7, 11) is 0. The lowest BCUT2D eigenvalue weighted by atomic mass is 9.93. The number of carbonyl (C=O) groups excluding carboxylic acids is 1. The lowest BCUT2D eigenvalue weighted by Crippen LogP contribution is -2.47. The molecule has 1 fully saturated rings. The standard InChI is InChI=1S/C19H24N2O3/c1-13-9-10-15(19(23)24)12-21(13)18(22)8-4-5-14-11-20-17-7-3-2-6-16(14)17/h2-3,6-7,11,13,15,20H,4-5,8-10,12H2,1H3,(H,23,24). The van der Waals surface area contributed by atoms with Crippen LogP contribution in [0.2, 0.25) is 0 Å². The van der Waals surface area contributed by atoms with Gasteiger partial charge in [-0.05, 0) is 44.2 Å². The van der Waals surface area contributed by atoms with Crippen molar-refractivity contribution < 1.29 is 14.7 Å². The third-order valence-electron chi connectivity index (χ3n) is 5.06. The first-order valence-electron chi connectivity index (χ1n) is 8.63. The van der Waals surface area contributed by atoms with Gasteiger partial charge >= 0.3 is 5.97 Å². The number of para-hydroxylation sites is 1. The number of benzene rings is 1. The zero-order chi connectivity index (χ0) is 17.1. The first-order valence-corrected chi connectivity index (χ1v) is 8.63. The number of nitrogens with one attached hydrogen (secondary N) is 1. The average Bonchev–Trinajstić information content (AvgIpc) is 2.98. The predicted molar refractivity (Wildman–Crippen MR) is 92.8 cm³/mol. The Labute approximate surface area is 141 Å². The molecule has 0 radical (unpaired) electrons. The molecule has 5 heteroatoms. The zero-order valence-electron chi connectivity index (χ0n) is 14.0. The van der Waals surface area contributed by atoms with Gasteiger partial charge in [0, 0.05) is 36.1 Å². The van der Waals surface area contributed by atoms with Crippen molar-refractivity contribution >= 4 is 22.8 Å². The van der Waals surface area contributed by atoms with Gasteiger partial charge < -0.3 is 15.0 Å². The number of nitrogens with zero attached hydrogens (tertiary/aromatic N) is 1. The lowest BCUT2D eigenvalue weighted by molar-refractivity contribution is -0.147. The van der Waals surface area contributed by atoms with E-state index in [9.17, 15) is 14.7 Å². The van der Waals surface area contributed by atoms with Crippen molar-refractivity contribution in [2.24, 2.45) is 5.92 Å². The number of aryl methyl sites for hydroxylation is 1. The van der Waals surface area contributed by atoms with Gasteiger partial charge in [0.15, 0.2) is 0 Å². The number of carboxylic acid groups (broad SMARTS) is 1. The number of likely N-dealkylation sites (tertiary alicyclic amines) is 1. The van der Waals surface area contributed by atoms with Gasteiger partial charge in [0.05, 0.1) is 5.92 Å². The van der Waals surface area contributed by atoms with E-state index < -0.39 is 11.9 Å². The van der Waals surface area contributed by atoms with E-state index in [-0.39, 0.29) is 11.9 Å². The molecule has 2 atom stereocenters. The molecule has 24 heavy (non-hydrogen) atoms. The largest absolute Gasteiger partial charge is 0.481 e. The number of rotatable bonds is 5. The monoisotopic (exact) mass is 328 g/mol. The van der Waals surface area contributed by atoms with Crippen molar-refractivity contribution in [1.29, 1.82) is 0 Å². The van der Waals surface area contributed by atoms with Crippen LogP contribution in [0.4, 0.5) is 0 Å². The molecule has 0 bridgehead atoms. The number of aromatic amines is 1. The number of aromatic nitrogens is 1. The van der Waals surface area contributed by atoms with Gasteiger partial charge in [0.2, 0.25) is 5.91 Å². The fourth-order valence-electron chi connectivity index (χ4n) is 3.57. The number of carboxylic acids is 1. The third-order valence-corrected chi connectivity index (χ3v) is 5.06. The number of carbonyl (C=O) groups is 2. The molecule has 128 valence electrons. The summed E-state index contributed by atoms with van der Waals surface area (Å²) in [5, 5.41) is 10.4. The van der Waals surface area contributed by atoms with E-state index in [1.165, 1.54) is 10.9 Å². The molecule has 1 amide bonds. The Morgan fingerprint density at radius 1 is 1.29 bits per heavy atom. The molecule has 1 aromatic heterocycles. The maximum atomic E-state index is 12.5. The molecule has 2 N–H and O–H groups in total. The maximum absolute atomic E-state index is 12.5. The number of fused-ring (bicyclic) bond motifs is 1. The number of hydrogen-bond donors (Lipinski definition) is 2. The van der Waals surface area contributed by atoms with Crippen LogP contribution in [0.1, 0.15) is 38.2 Å². The maximum Gasteiger partial charge on any atom is 0.308 e. The summed E-state index contributed by atoms with van der Waals surface area (Å²) < 4.78 is 0. The van der Waals surface area contributed by atoms with E-state index in [2.05, 4.69) is 11.1 Å². The summed E-state index contributed by atoms with van der Waals surface area (Å²) in [5.41, 5.74) is 2.35. The van der Waals surface area contributed by atoms with Crippen molar-refractivity contribution in [3.05, 3.63) is 36.0 Å². The van der Waals surface area contributed by atoms with E-state index in [0.717, 1.165) is 24.8 Å². The van der Waals surface area contributed by atoms with Crippen LogP contribution in [-0.2, 0) is 16.0 Å². The molecular formula is C19H24N2O3. The molecule has 2 aromatic rings. The Kier molecular flexibility index (Phi) is 4.88. The second-order valence-electron chi connectivity index (χ2n) is 6.72. The third kappa shape index (κ3) is 3.45. The molecule has 1 aliphatic heterocycles. The summed E-state index contributed by atoms with van der Waals surface area (Å²) in [5.74, 6) is -1.13. The quantitative estimate of drug-likeness (QED) is 0.885. The second kappa shape index (κ2) is 7.07. The van der Waals surface area contributed by atoms with Gasteiger partial charge in [-0.25, -0.2) is 0 Å². The minimum Gasteiger partial charge on any atom is -0.481 e. The van der Waals surface area contributed by atoms with Crippen LogP contribution < -0.4 is 0 Å². The minimum atomic E-state index is -0.793. The molecule has 1 aliphatic rings. The Balaban J connectivity index is 1.56. The second-order valence-corrected chi connectivity index (χ2v) is 6.72. The number of H-pyrrole nitrogens is 1. The van der Waals surface area contributed by atoms with Crippen LogP contribution in [0, 0.1) is 5.92 Å². The van der Waals surface area contributed by atoms with Crippen LogP contribution in [0.25, 0.3) is 10.9 Å². The van der Waals surface area contributed by atoms with Crippen molar-refractivity contribution in [2.45, 2.75) is 45.1 Å². The summed E-state index contributed by atoms with van der Waals surface area (Å²) >= 11 is 0. The molecular weight excluding hydrogens is 304 g/mol. The average molecular weight is 328 g/mol. The minimum absolute atomic E-state index is 0.0771. The fraction of sp³-hybridized carbons (Fsp3) is 0.474. The smallest absolute Gasteiger partial charge is 0.308 e. The van der Waals surface area contributed by atoms with Crippen LogP contribution in [-0.4, -0.2) is 39.5 Å². The molecule has 2 heterocycles. The predicted octanol–water partition coefficient (Wildman–Crippen LogP) is 3.20. The van der Waals surface area contributed by atoms with Crippen LogP contribution in [0.15, 0.2) is 30.5 Å². The van der Waals surface area contributed by atoms with Gasteiger partial charge in [-0.3, -0.25) is 9.59 Å². The number of piperidine rings is 1. The summed E-state index contributed by atoms with van der Waals surface area (Å²) in [6.45, 7) is 2.36. The molecule has 0 saturated carbocycles. The van der Waals surface area contributed by atoms with Gasteiger partial charge in [0.1, 0.15) is 0 Å². The highest BCUT2D eigenvalue weighted by atomic mass is 16.4. The molecule has 0 spiro atoms. The molecule has 1 aromatic carbocycles. The Bertz CT molecular complexity index is 737. The first kappa shape index (κ1) is 16.6. The Morgan fingerprint density at radius 3 is 2.88 bits per heavy atom. The lowest BCUT2D eigenvalue weighted by Gasteiger charge is -2.36. The van der Waals surface area contributed by atoms with Gasteiger partial charge in [-0.15, -0.1) is 0 Å². The normalized spacial score (nSPS) is 21.1. The first-order chi connectivity index (χ1) is 11.6. The van der Waals surface area contributed by atoms with E-state index in [0.29, 0.717) is 19.4 Å². The van der Waals surface area contributed by atoms with E-state index in [1.54, 1.807) is 4.90 Å². The topological polar surface area (TPSA) is 73.4 Å². The van der Waals surface area contributed by atoms with Gasteiger partial charge in [0.25, 0.3) is 0 Å². The summed E-state index contributed by atoms with van der Waals surface area (Å²) in [6, 6.07) is 8.30. The van der Waals surface area contributed by atoms with Crippen molar-refractivity contribution in [3.63, 3.8) is 0 Å². The molecule has 5 nitrogen and oxygen atoms in total. The highest BCUT2D eigenvalue weighted by Gasteiger charge is 2.32. The van der Waals surface area contributed by atoms with E-state index in [4.69, 9.17) is 0 Å². The fourth-order valence-corrected chi connectivity index (χ4v) is 3.57. The molecule has 3 rings (SSSR count).